The van der Waals surface area contributed by atoms with Gasteiger partial charge < -0.3 is 10.2 Å². The van der Waals surface area contributed by atoms with Gasteiger partial charge in [-0.15, -0.1) is 0 Å². The fourth-order valence-electron chi connectivity index (χ4n) is 2.67. The Bertz CT molecular complexity index is 684. The van der Waals surface area contributed by atoms with Crippen LogP contribution in [0.2, 0.25) is 0 Å². The summed E-state index contributed by atoms with van der Waals surface area (Å²) < 4.78 is 2.73. The van der Waals surface area contributed by atoms with Gasteiger partial charge in [0.2, 0.25) is 0 Å². The largest absolute Gasteiger partial charge is 0.394 e. The number of aliphatic hydroxyl groups excluding tert-OH is 2. The second-order valence-electron chi connectivity index (χ2n) is 4.85. The summed E-state index contributed by atoms with van der Waals surface area (Å²) in [4.78, 5) is 24.2. The first-order valence-corrected chi connectivity index (χ1v) is 6.48. The molecule has 3 rings (SSSR count). The standard InChI is InChI=1S/C12H16N4O4/c17-3-1-15-11(19)7-5-10-8(6-9(7)13-15)12(20)16(14-10)2-4-18/h13-14,17-18H,1-6H2. The third kappa shape index (κ3) is 1.84. The van der Waals surface area contributed by atoms with Crippen LogP contribution in [0.4, 0.5) is 0 Å². The molecule has 4 N–H and O–H groups in total. The molecule has 0 atom stereocenters. The average molecular weight is 280 g/mol. The normalized spacial score (nSPS) is 13.3. The fraction of sp³-hybridized carbons (Fsp3) is 0.500. The van der Waals surface area contributed by atoms with Crippen LogP contribution in [0.15, 0.2) is 9.59 Å². The maximum absolute atomic E-state index is 12.1. The molecule has 0 spiro atoms. The van der Waals surface area contributed by atoms with Gasteiger partial charge in [0.15, 0.2) is 0 Å². The number of nitrogens with zero attached hydrogens (tertiary/aromatic N) is 2. The Morgan fingerprint density at radius 3 is 1.60 bits per heavy atom. The molecule has 2 aromatic rings. The molecule has 0 aliphatic heterocycles. The molecule has 0 radical (unpaired) electrons. The molecule has 0 fully saturated rings. The van der Waals surface area contributed by atoms with E-state index in [1.54, 1.807) is 0 Å². The predicted octanol–water partition coefficient (Wildman–Crippen LogP) is -1.85. The molecule has 108 valence electrons. The first-order chi connectivity index (χ1) is 9.65. The summed E-state index contributed by atoms with van der Waals surface area (Å²) in [5, 5.41) is 23.7. The number of aromatic amines is 2. The second-order valence-corrected chi connectivity index (χ2v) is 4.85. The van der Waals surface area contributed by atoms with Crippen LogP contribution in [0.1, 0.15) is 22.5 Å². The van der Waals surface area contributed by atoms with Gasteiger partial charge in [-0.25, -0.2) is 0 Å². The van der Waals surface area contributed by atoms with Gasteiger partial charge in [-0.3, -0.25) is 29.2 Å². The minimum atomic E-state index is -0.157. The molecule has 2 heterocycles. The minimum absolute atomic E-state index is 0.117. The molecule has 8 heteroatoms. The van der Waals surface area contributed by atoms with E-state index in [1.807, 2.05) is 0 Å². The van der Waals surface area contributed by atoms with E-state index in [9.17, 15) is 9.59 Å². The van der Waals surface area contributed by atoms with E-state index in [0.29, 0.717) is 24.0 Å². The predicted molar refractivity (Wildman–Crippen MR) is 69.9 cm³/mol. The van der Waals surface area contributed by atoms with Crippen molar-refractivity contribution in [2.24, 2.45) is 0 Å². The number of hydrogen-bond acceptors (Lipinski definition) is 4. The Labute approximate surface area is 113 Å². The summed E-state index contributed by atoms with van der Waals surface area (Å²) in [5.41, 5.74) is 2.39. The summed E-state index contributed by atoms with van der Waals surface area (Å²) in [7, 11) is 0. The van der Waals surface area contributed by atoms with E-state index in [4.69, 9.17) is 10.2 Å². The Kier molecular flexibility index (Phi) is 3.11. The molecule has 0 unspecified atom stereocenters. The van der Waals surface area contributed by atoms with Gasteiger partial charge in [0.1, 0.15) is 0 Å². The highest BCUT2D eigenvalue weighted by atomic mass is 16.3. The van der Waals surface area contributed by atoms with E-state index >= 15 is 0 Å². The highest BCUT2D eigenvalue weighted by molar-refractivity contribution is 5.37. The minimum Gasteiger partial charge on any atom is -0.394 e. The van der Waals surface area contributed by atoms with Crippen molar-refractivity contribution in [2.45, 2.75) is 25.9 Å². The van der Waals surface area contributed by atoms with Crippen molar-refractivity contribution < 1.29 is 10.2 Å². The third-order valence-corrected chi connectivity index (χ3v) is 3.63. The smallest absolute Gasteiger partial charge is 0.270 e. The number of rotatable bonds is 4. The van der Waals surface area contributed by atoms with Crippen LogP contribution in [0.3, 0.4) is 0 Å². The van der Waals surface area contributed by atoms with E-state index in [1.165, 1.54) is 9.36 Å². The zero-order valence-corrected chi connectivity index (χ0v) is 10.8. The van der Waals surface area contributed by atoms with Crippen LogP contribution >= 0.6 is 0 Å². The number of aliphatic hydroxyl groups is 2. The number of fused-ring (bicyclic) bond motifs is 2. The molecule has 0 aromatic carbocycles. The molecule has 0 amide bonds. The zero-order chi connectivity index (χ0) is 14.3. The Morgan fingerprint density at radius 1 is 0.850 bits per heavy atom. The van der Waals surface area contributed by atoms with Crippen molar-refractivity contribution in [1.82, 2.24) is 19.6 Å². The van der Waals surface area contributed by atoms with Crippen LogP contribution in [-0.4, -0.2) is 43.0 Å². The zero-order valence-electron chi connectivity index (χ0n) is 10.8. The number of H-pyrrole nitrogens is 2. The molecule has 1 aliphatic rings. The quantitative estimate of drug-likeness (QED) is 0.449. The van der Waals surface area contributed by atoms with Crippen LogP contribution in [0.5, 0.6) is 0 Å². The molecule has 0 saturated heterocycles. The molecular weight excluding hydrogens is 264 g/mol. The molecule has 8 nitrogen and oxygen atoms in total. The summed E-state index contributed by atoms with van der Waals surface area (Å²) in [6.07, 6.45) is 0.734. The molecule has 2 aromatic heterocycles. The number of aromatic nitrogens is 4. The van der Waals surface area contributed by atoms with Crippen molar-refractivity contribution in [3.8, 4) is 0 Å². The lowest BCUT2D eigenvalue weighted by Crippen LogP contribution is -2.22. The maximum Gasteiger partial charge on any atom is 0.270 e. The Morgan fingerprint density at radius 2 is 1.25 bits per heavy atom. The van der Waals surface area contributed by atoms with Crippen LogP contribution in [-0.2, 0) is 25.9 Å². The lowest BCUT2D eigenvalue weighted by Gasteiger charge is -2.08. The lowest BCUT2D eigenvalue weighted by molar-refractivity contribution is 0.267. The molecule has 0 bridgehead atoms. The Hall–Kier alpha value is -2.06. The second kappa shape index (κ2) is 4.80. The molecular formula is C12H16N4O4. The third-order valence-electron chi connectivity index (χ3n) is 3.63. The van der Waals surface area contributed by atoms with Crippen molar-refractivity contribution in [1.29, 1.82) is 0 Å². The van der Waals surface area contributed by atoms with Crippen molar-refractivity contribution in [3.63, 3.8) is 0 Å². The van der Waals surface area contributed by atoms with Gasteiger partial charge in [-0.05, 0) is 0 Å². The lowest BCUT2D eigenvalue weighted by atomic mass is 9.96. The van der Waals surface area contributed by atoms with Crippen molar-refractivity contribution in [3.05, 3.63) is 43.2 Å². The van der Waals surface area contributed by atoms with Crippen molar-refractivity contribution in [2.75, 3.05) is 13.2 Å². The summed E-state index contributed by atoms with van der Waals surface area (Å²) in [5.74, 6) is 0. The molecule has 0 saturated carbocycles. The highest BCUT2D eigenvalue weighted by Crippen LogP contribution is 2.20. The SMILES string of the molecule is O=c1c2c([nH]n1CCO)Cc1c([nH]n(CCO)c1=O)C2. The van der Waals surface area contributed by atoms with Crippen LogP contribution in [0, 0.1) is 0 Å². The van der Waals surface area contributed by atoms with Gasteiger partial charge in [-0.2, -0.15) is 0 Å². The summed E-state index contributed by atoms with van der Waals surface area (Å²) in [6.45, 7) is 0.199. The average Bonchev–Trinajstić information content (AvgIpc) is 2.89. The van der Waals surface area contributed by atoms with Gasteiger partial charge in [0.25, 0.3) is 11.1 Å². The van der Waals surface area contributed by atoms with E-state index < -0.39 is 0 Å². The van der Waals surface area contributed by atoms with Crippen LogP contribution in [0.25, 0.3) is 0 Å². The topological polar surface area (TPSA) is 116 Å². The molecule has 1 aliphatic carbocycles. The van der Waals surface area contributed by atoms with Crippen molar-refractivity contribution >= 4 is 0 Å². The Balaban J connectivity index is 2.02. The van der Waals surface area contributed by atoms with Gasteiger partial charge in [0.05, 0.1) is 26.3 Å². The van der Waals surface area contributed by atoms with Crippen LogP contribution < -0.4 is 11.1 Å². The summed E-state index contributed by atoms with van der Waals surface area (Å²) in [6, 6.07) is 0. The molecule has 20 heavy (non-hydrogen) atoms. The van der Waals surface area contributed by atoms with Gasteiger partial charge in [0, 0.05) is 35.4 Å². The van der Waals surface area contributed by atoms with E-state index in [2.05, 4.69) is 10.2 Å². The first kappa shape index (κ1) is 12.9. The fourth-order valence-corrected chi connectivity index (χ4v) is 2.67. The summed E-state index contributed by atoms with van der Waals surface area (Å²) >= 11 is 0. The maximum atomic E-state index is 12.1. The van der Waals surface area contributed by atoms with Gasteiger partial charge >= 0.3 is 0 Å². The van der Waals surface area contributed by atoms with Gasteiger partial charge in [-0.1, -0.05) is 0 Å². The van der Waals surface area contributed by atoms with E-state index in [0.717, 1.165) is 11.4 Å². The number of hydrogen-bond donors (Lipinski definition) is 4. The first-order valence-electron chi connectivity index (χ1n) is 6.48. The van der Waals surface area contributed by atoms with E-state index in [-0.39, 0.29) is 37.4 Å². The number of nitrogens with one attached hydrogen (secondary N) is 2. The monoisotopic (exact) mass is 280 g/mol. The highest BCUT2D eigenvalue weighted by Gasteiger charge is 2.26.